The third-order valence-corrected chi connectivity index (χ3v) is 3.91. The predicted octanol–water partition coefficient (Wildman–Crippen LogP) is 3.68. The first-order valence-electron chi connectivity index (χ1n) is 7.59. The lowest BCUT2D eigenvalue weighted by Crippen LogP contribution is -2.02. The molecule has 5 nitrogen and oxygen atoms in total. The highest BCUT2D eigenvalue weighted by Gasteiger charge is 2.08. The van der Waals surface area contributed by atoms with Crippen LogP contribution in [-0.2, 0) is 0 Å². The fourth-order valence-corrected chi connectivity index (χ4v) is 2.73. The molecule has 0 radical (unpaired) electrons. The molecule has 118 valence electrons. The molecule has 0 bridgehead atoms. The third-order valence-electron chi connectivity index (χ3n) is 3.91. The van der Waals surface area contributed by atoms with Crippen molar-refractivity contribution < 1.29 is 4.74 Å². The Morgan fingerprint density at radius 2 is 1.67 bits per heavy atom. The highest BCUT2D eigenvalue weighted by atomic mass is 16.5. The van der Waals surface area contributed by atoms with Crippen molar-refractivity contribution >= 4 is 16.7 Å². The molecular weight excluding hydrogens is 300 g/mol. The maximum Gasteiger partial charge on any atom is 0.222 e. The van der Waals surface area contributed by atoms with Crippen molar-refractivity contribution in [2.75, 3.05) is 12.8 Å². The molecule has 24 heavy (non-hydrogen) atoms. The van der Waals surface area contributed by atoms with Gasteiger partial charge in [-0.3, -0.25) is 0 Å². The Kier molecular flexibility index (Phi) is 3.39. The minimum Gasteiger partial charge on any atom is -0.497 e. The van der Waals surface area contributed by atoms with Crippen LogP contribution in [0, 0.1) is 0 Å². The Hall–Kier alpha value is -3.34. The standard InChI is InChI=1S/C19H16N4O/c1-24-16-8-4-7-13(9-16)17-10-18(22-19(20)21-17)23-11-14-5-2-3-6-15(14)12-23/h2-12H,1H3,(H2,20,21,22). The average Bonchev–Trinajstić information content (AvgIpc) is 3.05. The number of benzene rings is 2. The summed E-state index contributed by atoms with van der Waals surface area (Å²) in [6.07, 6.45) is 4.07. The second kappa shape index (κ2) is 5.70. The number of nitrogens with two attached hydrogens (primary N) is 1. The molecule has 0 unspecified atom stereocenters. The predicted molar refractivity (Wildman–Crippen MR) is 95.3 cm³/mol. The van der Waals surface area contributed by atoms with Crippen LogP contribution >= 0.6 is 0 Å². The molecule has 0 spiro atoms. The Morgan fingerprint density at radius 3 is 2.38 bits per heavy atom. The number of hydrogen-bond acceptors (Lipinski definition) is 4. The number of aromatic nitrogens is 3. The largest absolute Gasteiger partial charge is 0.497 e. The summed E-state index contributed by atoms with van der Waals surface area (Å²) in [6, 6.07) is 17.8. The van der Waals surface area contributed by atoms with Gasteiger partial charge in [-0.25, -0.2) is 4.98 Å². The molecule has 2 aromatic carbocycles. The van der Waals surface area contributed by atoms with E-state index in [4.69, 9.17) is 10.5 Å². The summed E-state index contributed by atoms with van der Waals surface area (Å²) in [6.45, 7) is 0. The first kappa shape index (κ1) is 14.3. The van der Waals surface area contributed by atoms with Crippen LogP contribution in [0.25, 0.3) is 27.8 Å². The van der Waals surface area contributed by atoms with Crippen molar-refractivity contribution in [2.45, 2.75) is 0 Å². The molecule has 4 rings (SSSR count). The molecular formula is C19H16N4O. The van der Waals surface area contributed by atoms with Crippen molar-refractivity contribution in [1.82, 2.24) is 14.5 Å². The van der Waals surface area contributed by atoms with E-state index in [2.05, 4.69) is 22.1 Å². The number of nitrogens with zero attached hydrogens (tertiary/aromatic N) is 3. The van der Waals surface area contributed by atoms with E-state index in [1.165, 1.54) is 0 Å². The fourth-order valence-electron chi connectivity index (χ4n) is 2.73. The molecule has 0 aliphatic heterocycles. The lowest BCUT2D eigenvalue weighted by atomic mass is 10.1. The Bertz CT molecular complexity index is 990. The minimum atomic E-state index is 0.239. The van der Waals surface area contributed by atoms with Crippen molar-refractivity contribution in [3.8, 4) is 22.8 Å². The van der Waals surface area contributed by atoms with E-state index in [1.54, 1.807) is 7.11 Å². The highest BCUT2D eigenvalue weighted by molar-refractivity contribution is 5.82. The number of fused-ring (bicyclic) bond motifs is 1. The highest BCUT2D eigenvalue weighted by Crippen LogP contribution is 2.25. The van der Waals surface area contributed by atoms with E-state index < -0.39 is 0 Å². The molecule has 4 aromatic rings. The summed E-state index contributed by atoms with van der Waals surface area (Å²) in [5, 5.41) is 2.30. The SMILES string of the molecule is COc1cccc(-c2cc(-n3cc4ccccc4c3)nc(N)n2)c1. The zero-order valence-corrected chi connectivity index (χ0v) is 13.2. The van der Waals surface area contributed by atoms with Crippen molar-refractivity contribution in [1.29, 1.82) is 0 Å². The van der Waals surface area contributed by atoms with Gasteiger partial charge in [0.15, 0.2) is 0 Å². The van der Waals surface area contributed by atoms with Crippen molar-refractivity contribution in [3.63, 3.8) is 0 Å². The van der Waals surface area contributed by atoms with E-state index >= 15 is 0 Å². The van der Waals surface area contributed by atoms with Crippen LogP contribution < -0.4 is 10.5 Å². The fraction of sp³-hybridized carbons (Fsp3) is 0.0526. The summed E-state index contributed by atoms with van der Waals surface area (Å²) >= 11 is 0. The molecule has 0 saturated carbocycles. The topological polar surface area (TPSA) is 66.0 Å². The normalized spacial score (nSPS) is 10.9. The van der Waals surface area contributed by atoms with Gasteiger partial charge in [0.2, 0.25) is 5.95 Å². The second-order valence-electron chi connectivity index (χ2n) is 5.50. The average molecular weight is 316 g/mol. The Labute approximate surface area is 139 Å². The maximum atomic E-state index is 5.93. The maximum absolute atomic E-state index is 5.93. The quantitative estimate of drug-likeness (QED) is 0.626. The lowest BCUT2D eigenvalue weighted by Gasteiger charge is -2.08. The van der Waals surface area contributed by atoms with Gasteiger partial charge in [-0.1, -0.05) is 36.4 Å². The van der Waals surface area contributed by atoms with Gasteiger partial charge >= 0.3 is 0 Å². The van der Waals surface area contributed by atoms with Crippen LogP contribution in [0.15, 0.2) is 67.0 Å². The van der Waals surface area contributed by atoms with Crippen LogP contribution in [0.2, 0.25) is 0 Å². The Morgan fingerprint density at radius 1 is 0.917 bits per heavy atom. The van der Waals surface area contributed by atoms with Crippen LogP contribution in [0.1, 0.15) is 0 Å². The second-order valence-corrected chi connectivity index (χ2v) is 5.50. The summed E-state index contributed by atoms with van der Waals surface area (Å²) in [5.74, 6) is 1.75. The van der Waals surface area contributed by atoms with E-state index in [1.807, 2.05) is 59.4 Å². The molecule has 0 atom stereocenters. The monoisotopic (exact) mass is 316 g/mol. The number of rotatable bonds is 3. The number of hydrogen-bond donors (Lipinski definition) is 1. The molecule has 2 heterocycles. The molecule has 0 saturated heterocycles. The number of nitrogen functional groups attached to an aromatic ring is 1. The van der Waals surface area contributed by atoms with Crippen molar-refractivity contribution in [2.24, 2.45) is 0 Å². The minimum absolute atomic E-state index is 0.239. The van der Waals surface area contributed by atoms with Gasteiger partial charge in [0.05, 0.1) is 12.8 Å². The molecule has 5 heteroatoms. The Balaban J connectivity index is 1.83. The molecule has 2 N–H and O–H groups in total. The molecule has 0 aliphatic rings. The summed E-state index contributed by atoms with van der Waals surface area (Å²) in [4.78, 5) is 8.72. The lowest BCUT2D eigenvalue weighted by molar-refractivity contribution is 0.415. The van der Waals surface area contributed by atoms with Crippen LogP contribution in [-0.4, -0.2) is 21.6 Å². The third kappa shape index (κ3) is 2.56. The summed E-state index contributed by atoms with van der Waals surface area (Å²) in [5.41, 5.74) is 7.62. The van der Waals surface area contributed by atoms with Crippen LogP contribution in [0.5, 0.6) is 5.75 Å². The van der Waals surface area contributed by atoms with E-state index in [9.17, 15) is 0 Å². The summed E-state index contributed by atoms with van der Waals surface area (Å²) in [7, 11) is 1.64. The number of ether oxygens (including phenoxy) is 1. The van der Waals surface area contributed by atoms with Gasteiger partial charge in [-0.2, -0.15) is 4.98 Å². The summed E-state index contributed by atoms with van der Waals surface area (Å²) < 4.78 is 7.25. The molecule has 0 amide bonds. The van der Waals surface area contributed by atoms with Gasteiger partial charge in [0.1, 0.15) is 11.6 Å². The van der Waals surface area contributed by atoms with Crippen LogP contribution in [0.3, 0.4) is 0 Å². The van der Waals surface area contributed by atoms with Gasteiger partial charge in [0, 0.05) is 24.0 Å². The molecule has 0 aliphatic carbocycles. The number of anilines is 1. The smallest absolute Gasteiger partial charge is 0.222 e. The van der Waals surface area contributed by atoms with E-state index in [-0.39, 0.29) is 5.95 Å². The zero-order valence-electron chi connectivity index (χ0n) is 13.2. The molecule has 2 aromatic heterocycles. The first-order chi connectivity index (χ1) is 11.7. The van der Waals surface area contributed by atoms with Gasteiger partial charge in [0.25, 0.3) is 0 Å². The zero-order chi connectivity index (χ0) is 16.5. The van der Waals surface area contributed by atoms with Gasteiger partial charge < -0.3 is 15.0 Å². The number of methoxy groups -OCH3 is 1. The van der Waals surface area contributed by atoms with Crippen molar-refractivity contribution in [3.05, 3.63) is 67.0 Å². The molecule has 0 fully saturated rings. The van der Waals surface area contributed by atoms with Gasteiger partial charge in [-0.15, -0.1) is 0 Å². The first-order valence-corrected chi connectivity index (χ1v) is 7.59. The van der Waals surface area contributed by atoms with Crippen LogP contribution in [0.4, 0.5) is 5.95 Å². The van der Waals surface area contributed by atoms with E-state index in [0.717, 1.165) is 33.6 Å². The van der Waals surface area contributed by atoms with E-state index in [0.29, 0.717) is 0 Å². The van der Waals surface area contributed by atoms with Gasteiger partial charge in [-0.05, 0) is 22.9 Å².